The molecule has 0 spiro atoms. The molecule has 0 saturated carbocycles. The van der Waals surface area contributed by atoms with Crippen LogP contribution in [0, 0.1) is 0 Å². The number of amides is 1. The minimum atomic E-state index is -1.57. The molecule has 9 nitrogen and oxygen atoms in total. The van der Waals surface area contributed by atoms with Crippen molar-refractivity contribution in [1.29, 1.82) is 0 Å². The smallest absolute Gasteiger partial charge is 0.220 e. The van der Waals surface area contributed by atoms with Crippen LogP contribution in [0.5, 0.6) is 0 Å². The van der Waals surface area contributed by atoms with Crippen molar-refractivity contribution >= 4 is 5.91 Å². The van der Waals surface area contributed by atoms with E-state index in [0.29, 0.717) is 6.42 Å². The highest BCUT2D eigenvalue weighted by molar-refractivity contribution is 5.76. The van der Waals surface area contributed by atoms with E-state index in [2.05, 4.69) is 30.5 Å². The van der Waals surface area contributed by atoms with E-state index in [1.807, 2.05) is 19.1 Å². The maximum atomic E-state index is 12.8. The standard InChI is InChI=1S/C35H63NO8/c1-3-5-7-9-11-13-14-15-17-19-21-23-25-31(39)36-28(29(38)24-22-20-18-16-12-10-8-6-4-2)27-43-35-34(42)33(41)32(40)30(26-37)44-35/h4,6,12,16,22,24,28-30,32-35,37-38,40-42H,3,5,7-11,13-15,17-21,23,25-27H2,1-2H3,(H,36,39)/b6-4+,16-12+,24-22+. The van der Waals surface area contributed by atoms with Gasteiger partial charge in [-0.1, -0.05) is 114 Å². The number of hydrogen-bond acceptors (Lipinski definition) is 8. The molecular formula is C35H63NO8. The molecule has 1 saturated heterocycles. The van der Waals surface area contributed by atoms with E-state index in [-0.39, 0.29) is 12.5 Å². The molecule has 0 bridgehead atoms. The third-order valence-corrected chi connectivity index (χ3v) is 8.04. The Balaban J connectivity index is 2.52. The van der Waals surface area contributed by atoms with Gasteiger partial charge < -0.3 is 40.3 Å². The first kappa shape index (κ1) is 40.4. The molecule has 1 aliphatic rings. The molecular weight excluding hydrogens is 562 g/mol. The Kier molecular flexibility index (Phi) is 24.5. The van der Waals surface area contributed by atoms with Crippen LogP contribution in [0.4, 0.5) is 0 Å². The number of nitrogens with one attached hydrogen (secondary N) is 1. The van der Waals surface area contributed by atoms with Crippen LogP contribution in [0.3, 0.4) is 0 Å². The first-order chi connectivity index (χ1) is 21.3. The topological polar surface area (TPSA) is 149 Å². The Labute approximate surface area is 266 Å². The van der Waals surface area contributed by atoms with Gasteiger partial charge in [-0.2, -0.15) is 0 Å². The molecule has 1 rings (SSSR count). The highest BCUT2D eigenvalue weighted by Crippen LogP contribution is 2.22. The van der Waals surface area contributed by atoms with Crippen molar-refractivity contribution in [3.8, 4) is 0 Å². The molecule has 0 aromatic heterocycles. The van der Waals surface area contributed by atoms with Crippen molar-refractivity contribution < 1.29 is 39.8 Å². The number of hydrogen-bond donors (Lipinski definition) is 6. The van der Waals surface area contributed by atoms with Crippen molar-refractivity contribution in [1.82, 2.24) is 5.32 Å². The second-order valence-corrected chi connectivity index (χ2v) is 12.0. The molecule has 1 aliphatic heterocycles. The third kappa shape index (κ3) is 18.4. The van der Waals surface area contributed by atoms with Gasteiger partial charge >= 0.3 is 0 Å². The highest BCUT2D eigenvalue weighted by Gasteiger charge is 2.44. The molecule has 0 aromatic rings. The fourth-order valence-electron chi connectivity index (χ4n) is 5.19. The number of allylic oxidation sites excluding steroid dienone is 5. The Hall–Kier alpha value is -1.59. The molecule has 7 unspecified atom stereocenters. The second-order valence-electron chi connectivity index (χ2n) is 12.0. The number of carbonyl (C=O) groups excluding carboxylic acids is 1. The van der Waals surface area contributed by atoms with E-state index in [0.717, 1.165) is 44.9 Å². The normalized spacial score (nSPS) is 24.0. The van der Waals surface area contributed by atoms with Crippen molar-refractivity contribution in [2.75, 3.05) is 13.2 Å². The Morgan fingerprint density at radius 2 is 1.34 bits per heavy atom. The molecule has 1 heterocycles. The molecule has 256 valence electrons. The van der Waals surface area contributed by atoms with E-state index in [1.54, 1.807) is 6.08 Å². The Bertz CT molecular complexity index is 787. The van der Waals surface area contributed by atoms with Gasteiger partial charge in [0.1, 0.15) is 24.4 Å². The third-order valence-electron chi connectivity index (χ3n) is 8.04. The summed E-state index contributed by atoms with van der Waals surface area (Å²) < 4.78 is 11.1. The Morgan fingerprint density at radius 1 is 0.795 bits per heavy atom. The molecule has 9 heteroatoms. The highest BCUT2D eigenvalue weighted by atomic mass is 16.7. The van der Waals surface area contributed by atoms with Crippen LogP contribution in [0.15, 0.2) is 36.5 Å². The number of aliphatic hydroxyl groups excluding tert-OH is 5. The van der Waals surface area contributed by atoms with Crippen molar-refractivity contribution in [2.24, 2.45) is 0 Å². The van der Waals surface area contributed by atoms with Gasteiger partial charge in [-0.25, -0.2) is 0 Å². The fourth-order valence-corrected chi connectivity index (χ4v) is 5.19. The van der Waals surface area contributed by atoms with Crippen LogP contribution in [-0.4, -0.2) is 87.5 Å². The van der Waals surface area contributed by atoms with Gasteiger partial charge in [-0.05, 0) is 39.0 Å². The van der Waals surface area contributed by atoms with Gasteiger partial charge in [0, 0.05) is 6.42 Å². The van der Waals surface area contributed by atoms with Crippen LogP contribution in [0.25, 0.3) is 0 Å². The van der Waals surface area contributed by atoms with Gasteiger partial charge in [0.25, 0.3) is 0 Å². The molecule has 1 fully saturated rings. The van der Waals surface area contributed by atoms with E-state index in [4.69, 9.17) is 9.47 Å². The van der Waals surface area contributed by atoms with Crippen LogP contribution < -0.4 is 5.32 Å². The zero-order chi connectivity index (χ0) is 32.4. The lowest BCUT2D eigenvalue weighted by Gasteiger charge is -2.40. The molecule has 0 radical (unpaired) electrons. The molecule has 6 N–H and O–H groups in total. The summed E-state index contributed by atoms with van der Waals surface area (Å²) in [5, 5.41) is 53.6. The molecule has 0 aromatic carbocycles. The summed E-state index contributed by atoms with van der Waals surface area (Å²) in [5.74, 6) is -0.198. The van der Waals surface area contributed by atoms with Gasteiger partial charge in [0.05, 0.1) is 25.4 Å². The van der Waals surface area contributed by atoms with Crippen LogP contribution in [-0.2, 0) is 14.3 Å². The summed E-state index contributed by atoms with van der Waals surface area (Å²) in [4.78, 5) is 12.8. The first-order valence-electron chi connectivity index (χ1n) is 17.2. The molecule has 0 aliphatic carbocycles. The molecule has 1 amide bonds. The fraction of sp³-hybridized carbons (Fsp3) is 0.800. The van der Waals surface area contributed by atoms with Crippen molar-refractivity contribution in [2.45, 2.75) is 166 Å². The zero-order valence-corrected chi connectivity index (χ0v) is 27.4. The average molecular weight is 626 g/mol. The van der Waals surface area contributed by atoms with E-state index in [1.165, 1.54) is 57.8 Å². The summed E-state index contributed by atoms with van der Waals surface area (Å²) in [6, 6.07) is -0.820. The van der Waals surface area contributed by atoms with Gasteiger partial charge in [-0.3, -0.25) is 4.79 Å². The zero-order valence-electron chi connectivity index (χ0n) is 27.4. The second kappa shape index (κ2) is 26.6. The lowest BCUT2D eigenvalue weighted by Crippen LogP contribution is -2.60. The van der Waals surface area contributed by atoms with E-state index in [9.17, 15) is 30.3 Å². The number of unbranched alkanes of at least 4 members (excludes halogenated alkanes) is 13. The van der Waals surface area contributed by atoms with Crippen LogP contribution in [0.1, 0.15) is 123 Å². The minimum Gasteiger partial charge on any atom is -0.394 e. The summed E-state index contributed by atoms with van der Waals surface area (Å²) in [5.41, 5.74) is 0. The summed E-state index contributed by atoms with van der Waals surface area (Å²) >= 11 is 0. The summed E-state index contributed by atoms with van der Waals surface area (Å²) in [7, 11) is 0. The lowest BCUT2D eigenvalue weighted by atomic mass is 9.99. The quantitative estimate of drug-likeness (QED) is 0.0582. The largest absolute Gasteiger partial charge is 0.394 e. The summed E-state index contributed by atoms with van der Waals surface area (Å²) in [6.07, 6.45) is 22.1. The minimum absolute atomic E-state index is 0.198. The lowest BCUT2D eigenvalue weighted by molar-refractivity contribution is -0.302. The van der Waals surface area contributed by atoms with Crippen LogP contribution in [0.2, 0.25) is 0 Å². The number of rotatable bonds is 26. The van der Waals surface area contributed by atoms with Crippen LogP contribution >= 0.6 is 0 Å². The van der Waals surface area contributed by atoms with Gasteiger partial charge in [-0.15, -0.1) is 0 Å². The maximum Gasteiger partial charge on any atom is 0.220 e. The molecule has 7 atom stereocenters. The van der Waals surface area contributed by atoms with Crippen molar-refractivity contribution in [3.63, 3.8) is 0 Å². The van der Waals surface area contributed by atoms with Crippen molar-refractivity contribution in [3.05, 3.63) is 36.5 Å². The molecule has 44 heavy (non-hydrogen) atoms. The number of carbonyl (C=O) groups is 1. The maximum absolute atomic E-state index is 12.8. The van der Waals surface area contributed by atoms with E-state index < -0.39 is 49.5 Å². The summed E-state index contributed by atoms with van der Waals surface area (Å²) in [6.45, 7) is 3.47. The average Bonchev–Trinajstić information content (AvgIpc) is 3.02. The SMILES string of the molecule is C/C=C/CC/C=C/CC/C=C/C(O)C(COC1OC(CO)C(O)C(O)C1O)NC(=O)CCCCCCCCCCCCCC. The van der Waals surface area contributed by atoms with E-state index >= 15 is 0 Å². The predicted octanol–water partition coefficient (Wildman–Crippen LogP) is 4.99. The Morgan fingerprint density at radius 3 is 1.91 bits per heavy atom. The number of aliphatic hydroxyl groups is 5. The first-order valence-corrected chi connectivity index (χ1v) is 17.2. The van der Waals surface area contributed by atoms with Gasteiger partial charge in [0.2, 0.25) is 5.91 Å². The number of ether oxygens (including phenoxy) is 2. The predicted molar refractivity (Wildman–Crippen MR) is 175 cm³/mol. The monoisotopic (exact) mass is 625 g/mol. The van der Waals surface area contributed by atoms with Gasteiger partial charge in [0.15, 0.2) is 6.29 Å².